The number of rotatable bonds is 19. The fraction of sp³-hybridized carbons (Fsp3) is 0.508. The Hall–Kier alpha value is -7.72. The smallest absolute Gasteiger partial charge is 0.305 e. The van der Waals surface area contributed by atoms with Gasteiger partial charge in [0.25, 0.3) is 5.91 Å². The van der Waals surface area contributed by atoms with Gasteiger partial charge in [-0.2, -0.15) is 4.68 Å². The van der Waals surface area contributed by atoms with Gasteiger partial charge in [-0.15, -0.1) is 0 Å². The molecule has 5 amide bonds. The molecule has 1 saturated heterocycles. The molecule has 5 heterocycles. The fourth-order valence-electron chi connectivity index (χ4n) is 12.2. The number of hydrogen-bond acceptors (Lipinski definition) is 11. The Morgan fingerprint density at radius 2 is 1.70 bits per heavy atom. The van der Waals surface area contributed by atoms with Crippen LogP contribution in [0, 0.1) is 17.8 Å². The number of benzene rings is 3. The number of hydrogen-bond donors (Lipinski definition) is 5. The van der Waals surface area contributed by atoms with Crippen LogP contribution in [0.4, 0.5) is 21.8 Å². The number of nitrogen functional groups attached to an aromatic ring is 1. The Labute approximate surface area is 481 Å². The van der Waals surface area contributed by atoms with Crippen molar-refractivity contribution in [1.29, 1.82) is 0 Å². The van der Waals surface area contributed by atoms with Gasteiger partial charge in [0.2, 0.25) is 23.6 Å². The molecule has 2 aromatic heterocycles. The average Bonchev–Trinajstić information content (AvgIpc) is 4.27. The maximum Gasteiger partial charge on any atom is 0.305 e. The Balaban J connectivity index is 0.757. The number of anilines is 2. The van der Waals surface area contributed by atoms with Gasteiger partial charge >= 0.3 is 5.82 Å². The summed E-state index contributed by atoms with van der Waals surface area (Å²) in [5.74, 6) is -0.995. The number of nitrogens with one attached hydrogen (secondary N) is 4. The molecule has 0 radical (unpaired) electrons. The lowest BCUT2D eigenvalue weighted by Gasteiger charge is -2.42. The number of fused-ring (bicyclic) bond motifs is 11. The molecule has 0 unspecified atom stereocenters. The summed E-state index contributed by atoms with van der Waals surface area (Å²) in [6, 6.07) is 16.6. The zero-order chi connectivity index (χ0) is 58.2. The summed E-state index contributed by atoms with van der Waals surface area (Å²) in [6.07, 6.45) is 14.3. The van der Waals surface area contributed by atoms with Gasteiger partial charge in [-0.3, -0.25) is 24.0 Å². The number of unbranched alkanes of at least 4 members (excludes halogenated alkanes) is 6. The molecule has 5 atom stereocenters. The van der Waals surface area contributed by atoms with Crippen LogP contribution < -0.4 is 31.9 Å². The third-order valence-electron chi connectivity index (χ3n) is 16.9. The first kappa shape index (κ1) is 58.9. The molecular formula is C63H80FN13O5. The zero-order valence-electron chi connectivity index (χ0n) is 48.5. The zero-order valence-corrected chi connectivity index (χ0v) is 48.5. The quantitative estimate of drug-likeness (QED) is 0.0390. The normalized spacial score (nSPS) is 18.3. The highest BCUT2D eigenvalue weighted by atomic mass is 19.1. The molecule has 18 nitrogen and oxygen atoms in total. The van der Waals surface area contributed by atoms with Crippen LogP contribution in [-0.4, -0.2) is 104 Å². The number of likely N-dealkylation sites (N-methyl/N-ethyl adjacent to an activating group) is 1. The van der Waals surface area contributed by atoms with E-state index >= 15 is 4.39 Å². The SMILES string of the molecule is [C-]#[N+]c1nn(CCNC(=O)CCCCCCCCCc2ccc3c(c2)CN(C(=O)[C@@H](NC(=O)[C@H](C)NC)C(C)(C)C)[C@H](C(=O)N[C@@H]2CCCc4ccccc42)C3)c2c1-c1cnc(N)c(n1)N1CCC[C@@H]1c1cc(F)cc(c1)C(=O)N(C)C2. The predicted molar refractivity (Wildman–Crippen MR) is 314 cm³/mol. The van der Waals surface area contributed by atoms with E-state index < -0.39 is 29.4 Å². The summed E-state index contributed by atoms with van der Waals surface area (Å²) in [6.45, 7) is 17.0. The van der Waals surface area contributed by atoms with E-state index in [1.165, 1.54) is 34.4 Å². The minimum atomic E-state index is -0.852. The molecule has 0 saturated carbocycles. The number of halogens is 1. The molecule has 9 rings (SSSR count). The third-order valence-corrected chi connectivity index (χ3v) is 16.9. The highest BCUT2D eigenvalue weighted by molar-refractivity contribution is 5.95. The summed E-state index contributed by atoms with van der Waals surface area (Å²) in [4.78, 5) is 87.9. The van der Waals surface area contributed by atoms with Gasteiger partial charge in [-0.1, -0.05) is 102 Å². The van der Waals surface area contributed by atoms with Gasteiger partial charge in [-0.25, -0.2) is 14.4 Å². The van der Waals surface area contributed by atoms with Crippen LogP contribution in [0.3, 0.4) is 0 Å². The lowest BCUT2D eigenvalue weighted by atomic mass is 9.83. The van der Waals surface area contributed by atoms with Crippen molar-refractivity contribution >= 4 is 47.0 Å². The van der Waals surface area contributed by atoms with Gasteiger partial charge in [-0.05, 0) is 127 Å². The second-order valence-corrected chi connectivity index (χ2v) is 23.8. The van der Waals surface area contributed by atoms with E-state index in [2.05, 4.69) is 66.5 Å². The van der Waals surface area contributed by atoms with E-state index in [9.17, 15) is 24.0 Å². The average molecular weight is 1120 g/mol. The summed E-state index contributed by atoms with van der Waals surface area (Å²) in [5.41, 5.74) is 13.6. The fourth-order valence-corrected chi connectivity index (χ4v) is 12.2. The molecule has 4 bridgehead atoms. The number of nitrogens with two attached hydrogens (primary N) is 1. The van der Waals surface area contributed by atoms with Crippen LogP contribution in [0.1, 0.15) is 166 Å². The van der Waals surface area contributed by atoms with Crippen molar-refractivity contribution in [3.05, 3.63) is 129 Å². The number of carbonyl (C=O) groups is 5. The molecule has 0 spiro atoms. The van der Waals surface area contributed by atoms with E-state index in [1.807, 2.05) is 37.8 Å². The second kappa shape index (κ2) is 26.0. The minimum Gasteiger partial charge on any atom is -0.381 e. The molecule has 4 aliphatic rings. The number of carbonyl (C=O) groups excluding carboxylic acids is 5. The van der Waals surface area contributed by atoms with E-state index in [-0.39, 0.29) is 85.0 Å². The maximum absolute atomic E-state index is 15.2. The third kappa shape index (κ3) is 13.4. The van der Waals surface area contributed by atoms with Crippen molar-refractivity contribution < 1.29 is 28.4 Å². The second-order valence-electron chi connectivity index (χ2n) is 23.8. The number of aryl methyl sites for hydroxylation is 2. The molecule has 5 aromatic rings. The van der Waals surface area contributed by atoms with Crippen LogP contribution in [0.2, 0.25) is 0 Å². The molecule has 3 aliphatic heterocycles. The largest absolute Gasteiger partial charge is 0.381 e. The summed E-state index contributed by atoms with van der Waals surface area (Å²) in [7, 11) is 3.34. The first-order valence-electron chi connectivity index (χ1n) is 29.4. The number of amides is 5. The first-order chi connectivity index (χ1) is 39.4. The van der Waals surface area contributed by atoms with E-state index in [4.69, 9.17) is 17.3 Å². The highest BCUT2D eigenvalue weighted by Gasteiger charge is 2.43. The van der Waals surface area contributed by atoms with Crippen molar-refractivity contribution in [1.82, 2.24) is 50.8 Å². The van der Waals surface area contributed by atoms with Crippen molar-refractivity contribution in [2.24, 2.45) is 5.41 Å². The maximum atomic E-state index is 15.2. The van der Waals surface area contributed by atoms with Crippen LogP contribution in [-0.2, 0) is 58.1 Å². The van der Waals surface area contributed by atoms with Crippen molar-refractivity contribution in [2.45, 2.75) is 174 Å². The molecule has 6 N–H and O–H groups in total. The van der Waals surface area contributed by atoms with Crippen molar-refractivity contribution in [3.8, 4) is 11.3 Å². The lowest BCUT2D eigenvalue weighted by Crippen LogP contribution is -2.62. The first-order valence-corrected chi connectivity index (χ1v) is 29.4. The van der Waals surface area contributed by atoms with Gasteiger partial charge in [0.1, 0.15) is 17.9 Å². The van der Waals surface area contributed by atoms with Gasteiger partial charge in [0.05, 0.1) is 54.4 Å². The van der Waals surface area contributed by atoms with Gasteiger partial charge < -0.3 is 46.5 Å². The van der Waals surface area contributed by atoms with Crippen molar-refractivity contribution in [3.63, 3.8) is 0 Å². The van der Waals surface area contributed by atoms with E-state index in [0.29, 0.717) is 54.1 Å². The highest BCUT2D eigenvalue weighted by Crippen LogP contribution is 2.41. The molecule has 19 heteroatoms. The Kier molecular flexibility index (Phi) is 18.7. The monoisotopic (exact) mass is 1120 g/mol. The molecule has 434 valence electrons. The Morgan fingerprint density at radius 3 is 2.46 bits per heavy atom. The summed E-state index contributed by atoms with van der Waals surface area (Å²) < 4.78 is 16.8. The topological polar surface area (TPSA) is 217 Å². The van der Waals surface area contributed by atoms with Crippen LogP contribution in [0.25, 0.3) is 16.1 Å². The standard InChI is InChI=1S/C63H80FN13O5/c1-39(66-5)59(79)72-55(63(2,3)4)62(82)76-37-45-31-40(26-27-42(45)35-51(76)60(80)71-48-23-17-21-41-20-15-16-22-47(41)48)19-13-11-9-8-10-12-14-25-53(78)68-28-30-77-52-38-74(7)61(81)44-32-43(33-46(64)34-44)50-24-18-29-75(50)58-56(65)69-36-49(70-58)54(52)57(67-6)73-77/h15-16,20,22,26-27,31-34,36,39,48,50-51,55,66H,8-14,17-19,21,23-25,28-30,35,37-38H2,1-5,7H3,(H2,65,69)(H,68,78)(H,71,80)(H,72,79)/t39-,48+,50+,51-,55+/m0/s1. The predicted octanol–water partition coefficient (Wildman–Crippen LogP) is 8.60. The molecule has 1 fully saturated rings. The Bertz CT molecular complexity index is 3220. The molecule has 1 aliphatic carbocycles. The summed E-state index contributed by atoms with van der Waals surface area (Å²) in [5, 5.41) is 17.0. The van der Waals surface area contributed by atoms with E-state index in [1.54, 1.807) is 36.7 Å². The number of nitrogens with zero attached hydrogens (tertiary/aromatic N) is 8. The Morgan fingerprint density at radius 1 is 0.927 bits per heavy atom. The number of aromatic nitrogens is 4. The van der Waals surface area contributed by atoms with Gasteiger partial charge in [0.15, 0.2) is 11.6 Å². The van der Waals surface area contributed by atoms with Gasteiger partial charge in [0, 0.05) is 45.1 Å². The molecular weight excluding hydrogens is 1040 g/mol. The van der Waals surface area contributed by atoms with Crippen LogP contribution in [0.15, 0.2) is 66.9 Å². The summed E-state index contributed by atoms with van der Waals surface area (Å²) >= 11 is 0. The lowest BCUT2D eigenvalue weighted by molar-refractivity contribution is -0.147. The van der Waals surface area contributed by atoms with E-state index in [0.717, 1.165) is 93.7 Å². The van der Waals surface area contributed by atoms with Crippen LogP contribution in [0.5, 0.6) is 0 Å². The molecule has 82 heavy (non-hydrogen) atoms. The van der Waals surface area contributed by atoms with Crippen LogP contribution >= 0.6 is 0 Å². The minimum absolute atomic E-state index is 0.0284. The molecule has 3 aromatic carbocycles. The van der Waals surface area contributed by atoms with Crippen molar-refractivity contribution in [2.75, 3.05) is 37.8 Å².